The Kier molecular flexibility index (Phi) is 3.80. The van der Waals surface area contributed by atoms with E-state index < -0.39 is 17.8 Å². The minimum Gasteiger partial charge on any atom is -0.457 e. The van der Waals surface area contributed by atoms with Crippen LogP contribution in [0.2, 0.25) is 0 Å². The third kappa shape index (κ3) is 2.93. The van der Waals surface area contributed by atoms with Crippen molar-refractivity contribution in [3.05, 3.63) is 51.3 Å². The first-order valence-electron chi connectivity index (χ1n) is 6.27. The summed E-state index contributed by atoms with van der Waals surface area (Å²) in [6, 6.07) is 10.3. The summed E-state index contributed by atoms with van der Waals surface area (Å²) in [5.74, 6) is -0.527. The Labute approximate surface area is 138 Å². The van der Waals surface area contributed by atoms with Crippen LogP contribution in [0.15, 0.2) is 46.4 Å². The highest BCUT2D eigenvalue weighted by Crippen LogP contribution is 2.24. The third-order valence-electron chi connectivity index (χ3n) is 2.99. The summed E-state index contributed by atoms with van der Waals surface area (Å²) >= 11 is 2.21. The van der Waals surface area contributed by atoms with Gasteiger partial charge in [0.2, 0.25) is 0 Å². The molecular weight excluding hydrogens is 399 g/mol. The number of rotatable bonds is 2. The van der Waals surface area contributed by atoms with Gasteiger partial charge in [0.15, 0.2) is 0 Å². The second-order valence-electron chi connectivity index (χ2n) is 4.50. The van der Waals surface area contributed by atoms with Crippen LogP contribution in [0.5, 0.6) is 0 Å². The Morgan fingerprint density at radius 2 is 1.55 bits per heavy atom. The number of urea groups is 1. The van der Waals surface area contributed by atoms with Crippen molar-refractivity contribution < 1.29 is 18.8 Å². The van der Waals surface area contributed by atoms with Gasteiger partial charge in [-0.2, -0.15) is 0 Å². The monoisotopic (exact) mass is 408 g/mol. The van der Waals surface area contributed by atoms with Gasteiger partial charge in [0.25, 0.3) is 11.8 Å². The van der Waals surface area contributed by atoms with E-state index in [0.717, 1.165) is 9.13 Å². The van der Waals surface area contributed by atoms with Crippen molar-refractivity contribution in [1.29, 1.82) is 0 Å². The highest BCUT2D eigenvalue weighted by molar-refractivity contribution is 14.1. The maximum atomic E-state index is 11.6. The zero-order valence-corrected chi connectivity index (χ0v) is 13.2. The first-order chi connectivity index (χ1) is 10.5. The van der Waals surface area contributed by atoms with Crippen LogP contribution in [0.25, 0.3) is 17.4 Å². The molecule has 0 unspecified atom stereocenters. The largest absolute Gasteiger partial charge is 0.457 e. The quantitative estimate of drug-likeness (QED) is 0.454. The molecule has 2 aromatic rings. The average molecular weight is 408 g/mol. The molecule has 0 saturated carbocycles. The average Bonchev–Trinajstić information content (AvgIpc) is 2.92. The molecule has 1 aromatic heterocycles. The van der Waals surface area contributed by atoms with E-state index in [1.165, 1.54) is 6.08 Å². The molecule has 0 bridgehead atoms. The van der Waals surface area contributed by atoms with E-state index in [9.17, 15) is 14.4 Å². The molecule has 4 amide bonds. The van der Waals surface area contributed by atoms with Gasteiger partial charge in [-0.05, 0) is 52.9 Å². The lowest BCUT2D eigenvalue weighted by atomic mass is 10.1. The molecular formula is C15H9IN2O4. The number of nitrogens with one attached hydrogen (secondary N) is 2. The number of hydrogen-bond donors (Lipinski definition) is 2. The first-order valence-corrected chi connectivity index (χ1v) is 7.35. The normalized spacial score (nSPS) is 14.6. The Morgan fingerprint density at radius 3 is 2.18 bits per heavy atom. The first kappa shape index (κ1) is 14.5. The second kappa shape index (κ2) is 5.76. The molecule has 0 radical (unpaired) electrons. The highest BCUT2D eigenvalue weighted by Gasteiger charge is 2.28. The van der Waals surface area contributed by atoms with Gasteiger partial charge in [-0.1, -0.05) is 12.1 Å². The third-order valence-corrected chi connectivity index (χ3v) is 3.70. The van der Waals surface area contributed by atoms with Gasteiger partial charge in [-0.25, -0.2) is 4.79 Å². The molecule has 0 spiro atoms. The maximum absolute atomic E-state index is 11.6. The smallest absolute Gasteiger partial charge is 0.328 e. The van der Waals surface area contributed by atoms with Crippen molar-refractivity contribution in [2.24, 2.45) is 0 Å². The Balaban J connectivity index is 1.89. The van der Waals surface area contributed by atoms with Gasteiger partial charge in [0.05, 0.1) is 0 Å². The fourth-order valence-corrected chi connectivity index (χ4v) is 2.31. The van der Waals surface area contributed by atoms with Gasteiger partial charge >= 0.3 is 6.03 Å². The van der Waals surface area contributed by atoms with Gasteiger partial charge in [-0.15, -0.1) is 0 Å². The predicted molar refractivity (Wildman–Crippen MR) is 86.5 cm³/mol. The van der Waals surface area contributed by atoms with Crippen molar-refractivity contribution in [1.82, 2.24) is 10.6 Å². The lowest BCUT2D eigenvalue weighted by molar-refractivity contribution is -0.123. The number of imide groups is 2. The number of hydrogen-bond acceptors (Lipinski definition) is 4. The summed E-state index contributed by atoms with van der Waals surface area (Å²) in [4.78, 5) is 34.2. The van der Waals surface area contributed by atoms with Crippen molar-refractivity contribution in [2.75, 3.05) is 0 Å². The molecule has 2 heterocycles. The number of carbonyl (C=O) groups excluding carboxylic acids is 3. The van der Waals surface area contributed by atoms with Crippen molar-refractivity contribution in [3.63, 3.8) is 0 Å². The summed E-state index contributed by atoms with van der Waals surface area (Å²) in [5, 5.41) is 4.01. The summed E-state index contributed by atoms with van der Waals surface area (Å²) in [6.07, 6.45) is 1.30. The number of halogens is 1. The second-order valence-corrected chi connectivity index (χ2v) is 5.75. The van der Waals surface area contributed by atoms with Crippen LogP contribution in [0.3, 0.4) is 0 Å². The number of benzene rings is 1. The van der Waals surface area contributed by atoms with E-state index in [1.807, 2.05) is 34.9 Å². The van der Waals surface area contributed by atoms with Crippen molar-refractivity contribution in [3.8, 4) is 11.3 Å². The molecule has 22 heavy (non-hydrogen) atoms. The number of amides is 4. The van der Waals surface area contributed by atoms with Gasteiger partial charge in [-0.3, -0.25) is 20.2 Å². The highest BCUT2D eigenvalue weighted by atomic mass is 127. The van der Waals surface area contributed by atoms with E-state index >= 15 is 0 Å². The molecule has 6 nitrogen and oxygen atoms in total. The van der Waals surface area contributed by atoms with E-state index in [0.29, 0.717) is 11.5 Å². The van der Waals surface area contributed by atoms with Crippen LogP contribution in [-0.4, -0.2) is 17.8 Å². The molecule has 7 heteroatoms. The number of barbiturate groups is 1. The van der Waals surface area contributed by atoms with E-state index in [4.69, 9.17) is 4.42 Å². The molecule has 1 aliphatic heterocycles. The molecule has 3 rings (SSSR count). The van der Waals surface area contributed by atoms with E-state index in [-0.39, 0.29) is 5.57 Å². The minimum absolute atomic E-state index is 0.178. The minimum atomic E-state index is -0.828. The molecule has 2 N–H and O–H groups in total. The van der Waals surface area contributed by atoms with Crippen LogP contribution >= 0.6 is 22.6 Å². The van der Waals surface area contributed by atoms with Crippen LogP contribution in [0.1, 0.15) is 5.76 Å². The fourth-order valence-electron chi connectivity index (χ4n) is 1.95. The molecule has 1 aliphatic rings. The topological polar surface area (TPSA) is 88.4 Å². The SMILES string of the molecule is O=C1NC(=O)C(=Cc2ccc(-c3ccc(I)cc3)o2)C(=O)N1. The lowest BCUT2D eigenvalue weighted by Crippen LogP contribution is -2.51. The molecule has 1 saturated heterocycles. The van der Waals surface area contributed by atoms with Crippen LogP contribution in [-0.2, 0) is 9.59 Å². The van der Waals surface area contributed by atoms with E-state index in [1.54, 1.807) is 12.1 Å². The zero-order chi connectivity index (χ0) is 15.7. The van der Waals surface area contributed by atoms with Crippen LogP contribution in [0, 0.1) is 3.57 Å². The van der Waals surface area contributed by atoms with Gasteiger partial charge < -0.3 is 4.42 Å². The lowest BCUT2D eigenvalue weighted by Gasteiger charge is -2.13. The molecule has 1 fully saturated rings. The summed E-state index contributed by atoms with van der Waals surface area (Å²) in [5.41, 5.74) is 0.709. The maximum Gasteiger partial charge on any atom is 0.328 e. The molecule has 0 atom stereocenters. The van der Waals surface area contributed by atoms with Crippen LogP contribution < -0.4 is 10.6 Å². The van der Waals surface area contributed by atoms with Crippen LogP contribution in [0.4, 0.5) is 4.79 Å². The molecule has 110 valence electrons. The van der Waals surface area contributed by atoms with Crippen molar-refractivity contribution >= 4 is 46.5 Å². The summed E-state index contributed by atoms with van der Waals surface area (Å²) in [7, 11) is 0. The fraction of sp³-hybridized carbons (Fsp3) is 0. The number of furan rings is 1. The molecule has 0 aliphatic carbocycles. The Hall–Kier alpha value is -2.42. The standard InChI is InChI=1S/C15H9IN2O4/c16-9-3-1-8(2-4-9)12-6-5-10(22-12)7-11-13(19)17-15(21)18-14(11)20/h1-7H,(H2,17,18,19,20,21). The Bertz CT molecular complexity index is 783. The zero-order valence-electron chi connectivity index (χ0n) is 11.1. The summed E-state index contributed by atoms with van der Waals surface area (Å²) < 4.78 is 6.72. The van der Waals surface area contributed by atoms with Gasteiger partial charge in [0, 0.05) is 9.13 Å². The van der Waals surface area contributed by atoms with Gasteiger partial charge in [0.1, 0.15) is 17.1 Å². The van der Waals surface area contributed by atoms with E-state index in [2.05, 4.69) is 22.6 Å². The Morgan fingerprint density at radius 1 is 0.909 bits per heavy atom. The molecule has 1 aromatic carbocycles. The van der Waals surface area contributed by atoms with Crippen molar-refractivity contribution in [2.45, 2.75) is 0 Å². The summed E-state index contributed by atoms with van der Waals surface area (Å²) in [6.45, 7) is 0. The predicted octanol–water partition coefficient (Wildman–Crippen LogP) is 2.30. The number of carbonyl (C=O) groups is 3.